The van der Waals surface area contributed by atoms with Crippen molar-refractivity contribution in [1.29, 1.82) is 0 Å². The fourth-order valence-corrected chi connectivity index (χ4v) is 4.81. The molecule has 0 aromatic heterocycles. The lowest BCUT2D eigenvalue weighted by Crippen LogP contribution is -2.20. The zero-order valence-electron chi connectivity index (χ0n) is 21.1. The van der Waals surface area contributed by atoms with E-state index in [2.05, 4.69) is 0 Å². The number of rotatable bonds is 9. The van der Waals surface area contributed by atoms with Gasteiger partial charge in [0.25, 0.3) is 0 Å². The Kier molecular flexibility index (Phi) is 8.72. The van der Waals surface area contributed by atoms with E-state index in [1.165, 1.54) is 24.3 Å². The van der Waals surface area contributed by atoms with Crippen LogP contribution < -0.4 is 9.47 Å². The summed E-state index contributed by atoms with van der Waals surface area (Å²) in [7, 11) is 0. The van der Waals surface area contributed by atoms with Gasteiger partial charge in [0.2, 0.25) is 5.82 Å². The average Bonchev–Trinajstić information content (AvgIpc) is 2.90. The maximum absolute atomic E-state index is 14.8. The van der Waals surface area contributed by atoms with Crippen molar-refractivity contribution in [3.8, 4) is 22.6 Å². The summed E-state index contributed by atoms with van der Waals surface area (Å²) in [5.41, 5.74) is 0.450. The van der Waals surface area contributed by atoms with Crippen molar-refractivity contribution in [2.75, 3.05) is 13.2 Å². The third-order valence-electron chi connectivity index (χ3n) is 7.11. The van der Waals surface area contributed by atoms with Gasteiger partial charge in [0.15, 0.2) is 23.2 Å². The predicted molar refractivity (Wildman–Crippen MR) is 133 cm³/mol. The average molecular weight is 519 g/mol. The van der Waals surface area contributed by atoms with Crippen LogP contribution in [0.4, 0.5) is 22.0 Å². The number of benzene rings is 3. The molecule has 0 aliphatic heterocycles. The molecule has 0 heterocycles. The van der Waals surface area contributed by atoms with Crippen LogP contribution in [-0.4, -0.2) is 13.2 Å². The molecule has 1 aliphatic rings. The summed E-state index contributed by atoms with van der Waals surface area (Å²) in [5.74, 6) is -4.32. The molecule has 4 rings (SSSR count). The summed E-state index contributed by atoms with van der Waals surface area (Å²) < 4.78 is 83.3. The van der Waals surface area contributed by atoms with Crippen LogP contribution in [-0.2, 0) is 0 Å². The van der Waals surface area contributed by atoms with E-state index in [4.69, 9.17) is 9.47 Å². The Morgan fingerprint density at radius 3 is 2.19 bits per heavy atom. The third kappa shape index (κ3) is 6.08. The van der Waals surface area contributed by atoms with E-state index >= 15 is 0 Å². The van der Waals surface area contributed by atoms with Gasteiger partial charge in [-0.1, -0.05) is 25.5 Å². The van der Waals surface area contributed by atoms with Gasteiger partial charge in [-0.3, -0.25) is 0 Å². The van der Waals surface area contributed by atoms with Crippen LogP contribution >= 0.6 is 0 Å². The van der Waals surface area contributed by atoms with Crippen molar-refractivity contribution in [3.63, 3.8) is 0 Å². The molecule has 0 atom stereocenters. The first-order valence-electron chi connectivity index (χ1n) is 12.8. The minimum Gasteiger partial charge on any atom is -0.493 e. The normalized spacial score (nSPS) is 17.6. The molecule has 0 N–H and O–H groups in total. The quantitative estimate of drug-likeness (QED) is 0.208. The molecule has 3 aromatic carbocycles. The highest BCUT2D eigenvalue weighted by Crippen LogP contribution is 2.38. The second-order valence-electron chi connectivity index (χ2n) is 9.71. The highest BCUT2D eigenvalue weighted by atomic mass is 19.2. The highest BCUT2D eigenvalue weighted by Gasteiger charge is 2.26. The van der Waals surface area contributed by atoms with Crippen molar-refractivity contribution in [3.05, 3.63) is 82.7 Å². The third-order valence-corrected chi connectivity index (χ3v) is 7.11. The second-order valence-corrected chi connectivity index (χ2v) is 9.71. The fourth-order valence-electron chi connectivity index (χ4n) is 4.81. The zero-order valence-corrected chi connectivity index (χ0v) is 21.1. The Bertz CT molecular complexity index is 1240. The second kappa shape index (κ2) is 12.0. The van der Waals surface area contributed by atoms with Gasteiger partial charge >= 0.3 is 0 Å². The number of ether oxygens (including phenoxy) is 2. The van der Waals surface area contributed by atoms with Gasteiger partial charge in [0.05, 0.1) is 13.2 Å². The molecule has 0 amide bonds. The lowest BCUT2D eigenvalue weighted by molar-refractivity contribution is 0.198. The first-order chi connectivity index (χ1) is 17.8. The minimum atomic E-state index is -1.16. The summed E-state index contributed by atoms with van der Waals surface area (Å²) in [5, 5.41) is 0. The molecular weight excluding hydrogens is 487 g/mol. The monoisotopic (exact) mass is 518 g/mol. The van der Waals surface area contributed by atoms with Crippen molar-refractivity contribution in [1.82, 2.24) is 0 Å². The molecule has 2 nitrogen and oxygen atoms in total. The lowest BCUT2D eigenvalue weighted by Gasteiger charge is -2.29. The van der Waals surface area contributed by atoms with E-state index < -0.39 is 29.1 Å². The number of halogens is 5. The van der Waals surface area contributed by atoms with Crippen LogP contribution in [0.1, 0.15) is 62.5 Å². The van der Waals surface area contributed by atoms with Crippen LogP contribution in [0.15, 0.2) is 42.5 Å². The molecule has 0 unspecified atom stereocenters. The Morgan fingerprint density at radius 2 is 1.49 bits per heavy atom. The van der Waals surface area contributed by atoms with Crippen LogP contribution in [0.2, 0.25) is 0 Å². The summed E-state index contributed by atoms with van der Waals surface area (Å²) in [6.45, 7) is 4.13. The molecule has 0 spiro atoms. The fraction of sp³-hybridized carbons (Fsp3) is 0.400. The molecule has 1 fully saturated rings. The lowest BCUT2D eigenvalue weighted by atomic mass is 9.78. The number of aryl methyl sites for hydroxylation is 1. The van der Waals surface area contributed by atoms with Gasteiger partial charge in [-0.2, -0.15) is 4.39 Å². The van der Waals surface area contributed by atoms with E-state index in [-0.39, 0.29) is 41.1 Å². The number of unbranched alkanes of at least 4 members (excludes halogenated alkanes) is 1. The molecular formula is C30H31F5O2. The Balaban J connectivity index is 1.35. The molecule has 0 saturated heterocycles. The van der Waals surface area contributed by atoms with Crippen LogP contribution in [0.5, 0.6) is 11.5 Å². The summed E-state index contributed by atoms with van der Waals surface area (Å²) in [6.07, 6.45) is 4.55. The highest BCUT2D eigenvalue weighted by molar-refractivity contribution is 5.66. The van der Waals surface area contributed by atoms with Crippen molar-refractivity contribution in [2.24, 2.45) is 5.92 Å². The zero-order chi connectivity index (χ0) is 26.5. The van der Waals surface area contributed by atoms with Gasteiger partial charge < -0.3 is 9.47 Å². The standard InChI is InChI=1S/C30H31F5O2/c1-3-4-15-36-26-14-13-24(29(34)30(26)35)23-12-10-21(16-25(23)31)37-17-19-6-8-20(9-7-19)22-11-5-18(2)27(32)28(22)33/h5,10-14,16,19-20H,3-4,6-9,15,17H2,1-2H3. The van der Waals surface area contributed by atoms with E-state index in [1.54, 1.807) is 19.1 Å². The van der Waals surface area contributed by atoms with E-state index in [9.17, 15) is 22.0 Å². The summed E-state index contributed by atoms with van der Waals surface area (Å²) in [4.78, 5) is 0. The maximum atomic E-state index is 14.8. The molecule has 1 saturated carbocycles. The topological polar surface area (TPSA) is 18.5 Å². The van der Waals surface area contributed by atoms with E-state index in [1.807, 2.05) is 6.92 Å². The van der Waals surface area contributed by atoms with Gasteiger partial charge in [0.1, 0.15) is 11.6 Å². The van der Waals surface area contributed by atoms with Gasteiger partial charge in [-0.05, 0) is 86.3 Å². The molecule has 0 bridgehead atoms. The van der Waals surface area contributed by atoms with Crippen LogP contribution in [0.3, 0.4) is 0 Å². The van der Waals surface area contributed by atoms with E-state index in [0.717, 1.165) is 25.3 Å². The number of hydrogen-bond donors (Lipinski definition) is 0. The first kappa shape index (κ1) is 27.0. The summed E-state index contributed by atoms with van der Waals surface area (Å²) >= 11 is 0. The molecule has 7 heteroatoms. The molecule has 3 aromatic rings. The smallest absolute Gasteiger partial charge is 0.201 e. The predicted octanol–water partition coefficient (Wildman–Crippen LogP) is 8.89. The molecule has 198 valence electrons. The SMILES string of the molecule is CCCCOc1ccc(-c2ccc(OCC3CCC(c4ccc(C)c(F)c4F)CC3)cc2F)c(F)c1F. The largest absolute Gasteiger partial charge is 0.493 e. The van der Waals surface area contributed by atoms with Crippen LogP contribution in [0.25, 0.3) is 11.1 Å². The maximum Gasteiger partial charge on any atom is 0.201 e. The van der Waals surface area contributed by atoms with Gasteiger partial charge in [0, 0.05) is 17.2 Å². The molecule has 1 aliphatic carbocycles. The van der Waals surface area contributed by atoms with Gasteiger partial charge in [-0.15, -0.1) is 0 Å². The van der Waals surface area contributed by atoms with Gasteiger partial charge in [-0.25, -0.2) is 17.6 Å². The van der Waals surface area contributed by atoms with Crippen molar-refractivity contribution >= 4 is 0 Å². The Labute approximate surface area is 214 Å². The summed E-state index contributed by atoms with van der Waals surface area (Å²) in [6, 6.07) is 9.94. The Hall–Kier alpha value is -3.09. The van der Waals surface area contributed by atoms with Crippen LogP contribution in [0, 0.1) is 41.9 Å². The van der Waals surface area contributed by atoms with Crippen molar-refractivity contribution < 1.29 is 31.4 Å². The minimum absolute atomic E-state index is 0.0400. The first-order valence-corrected chi connectivity index (χ1v) is 12.8. The van der Waals surface area contributed by atoms with E-state index in [0.29, 0.717) is 37.0 Å². The Morgan fingerprint density at radius 1 is 0.757 bits per heavy atom. The molecule has 37 heavy (non-hydrogen) atoms. The molecule has 0 radical (unpaired) electrons. The van der Waals surface area contributed by atoms with Crippen molar-refractivity contribution in [2.45, 2.75) is 58.3 Å². The number of hydrogen-bond acceptors (Lipinski definition) is 2.